The third-order valence-electron chi connectivity index (χ3n) is 1.26. The quantitative estimate of drug-likeness (QED) is 0.623. The molecule has 2 nitrogen and oxygen atoms in total. The van der Waals surface area contributed by atoms with Gasteiger partial charge in [0.15, 0.2) is 6.29 Å². The first kappa shape index (κ1) is 9.63. The zero-order valence-corrected chi connectivity index (χ0v) is 6.98. The summed E-state index contributed by atoms with van der Waals surface area (Å²) in [5.41, 5.74) is 0. The van der Waals surface area contributed by atoms with Gasteiger partial charge in [-0.05, 0) is 19.4 Å². The van der Waals surface area contributed by atoms with Gasteiger partial charge in [-0.2, -0.15) is 0 Å². The summed E-state index contributed by atoms with van der Waals surface area (Å²) in [4.78, 5) is 9.89. The van der Waals surface area contributed by atoms with Crippen LogP contribution in [0.25, 0.3) is 0 Å². The van der Waals surface area contributed by atoms with E-state index in [4.69, 9.17) is 0 Å². The molecule has 2 heteroatoms. The van der Waals surface area contributed by atoms with Gasteiger partial charge in [-0.3, -0.25) is 4.79 Å². The highest BCUT2D eigenvalue weighted by molar-refractivity contribution is 5.51. The molecule has 0 aromatic carbocycles. The number of carbonyl (C=O) groups excluding carboxylic acids is 1. The maximum atomic E-state index is 9.89. The molecule has 0 fully saturated rings. The van der Waals surface area contributed by atoms with Gasteiger partial charge in [-0.25, -0.2) is 0 Å². The normalized spacial score (nSPS) is 13.6. The molecular formula is C8H16NO. The molecule has 0 heterocycles. The Hall–Kier alpha value is -0.370. The van der Waals surface area contributed by atoms with Crippen LogP contribution in [0.15, 0.2) is 0 Å². The van der Waals surface area contributed by atoms with Crippen LogP contribution in [0.1, 0.15) is 27.2 Å². The van der Waals surface area contributed by atoms with Crippen molar-refractivity contribution in [3.63, 3.8) is 0 Å². The molecule has 0 amide bonds. The van der Waals surface area contributed by atoms with E-state index in [1.54, 1.807) is 0 Å². The van der Waals surface area contributed by atoms with Crippen LogP contribution >= 0.6 is 0 Å². The molecule has 0 rings (SSSR count). The zero-order chi connectivity index (χ0) is 7.98. The zero-order valence-electron chi connectivity index (χ0n) is 6.98. The smallest absolute Gasteiger partial charge is 0.199 e. The largest absolute Gasteiger partial charge is 0.314 e. The summed E-state index contributed by atoms with van der Waals surface area (Å²) < 4.78 is 0. The predicted molar refractivity (Wildman–Crippen MR) is 42.6 cm³/mol. The van der Waals surface area contributed by atoms with Gasteiger partial charge in [-0.15, -0.1) is 0 Å². The molecule has 0 saturated carbocycles. The Morgan fingerprint density at radius 1 is 1.40 bits per heavy atom. The van der Waals surface area contributed by atoms with Crippen LogP contribution in [-0.2, 0) is 4.79 Å². The Balaban J connectivity index is 3.20. The number of nitrogens with one attached hydrogen (secondary N) is 1. The Bertz CT molecular complexity index is 91.3. The van der Waals surface area contributed by atoms with E-state index in [1.807, 2.05) is 13.2 Å². The number of rotatable bonds is 5. The van der Waals surface area contributed by atoms with Gasteiger partial charge in [0.25, 0.3) is 0 Å². The Kier molecular flexibility index (Phi) is 5.22. The van der Waals surface area contributed by atoms with Crippen molar-refractivity contribution in [2.45, 2.75) is 33.2 Å². The van der Waals surface area contributed by atoms with Crippen LogP contribution in [-0.4, -0.2) is 18.9 Å². The molecule has 0 aromatic heterocycles. The highest BCUT2D eigenvalue weighted by atomic mass is 16.1. The van der Waals surface area contributed by atoms with Crippen molar-refractivity contribution in [2.75, 3.05) is 6.54 Å². The van der Waals surface area contributed by atoms with Gasteiger partial charge in [0, 0.05) is 12.5 Å². The lowest BCUT2D eigenvalue weighted by atomic mass is 10.2. The van der Waals surface area contributed by atoms with Crippen molar-refractivity contribution in [3.05, 3.63) is 0 Å². The van der Waals surface area contributed by atoms with E-state index in [0.717, 1.165) is 6.54 Å². The van der Waals surface area contributed by atoms with Gasteiger partial charge in [0.1, 0.15) is 0 Å². The van der Waals surface area contributed by atoms with Crippen LogP contribution in [0.2, 0.25) is 0 Å². The summed E-state index contributed by atoms with van der Waals surface area (Å²) in [6.45, 7) is 7.25. The Labute approximate surface area is 63.0 Å². The van der Waals surface area contributed by atoms with E-state index in [0.29, 0.717) is 12.3 Å². The highest BCUT2D eigenvalue weighted by Crippen LogP contribution is 1.91. The lowest BCUT2D eigenvalue weighted by Gasteiger charge is -2.11. The first-order chi connectivity index (χ1) is 4.66. The minimum Gasteiger partial charge on any atom is -0.314 e. The van der Waals surface area contributed by atoms with Crippen molar-refractivity contribution < 1.29 is 4.79 Å². The maximum Gasteiger partial charge on any atom is 0.199 e. The predicted octanol–water partition coefficient (Wildman–Crippen LogP) is 1.12. The fraction of sp³-hybridized carbons (Fsp3) is 0.875. The molecule has 0 aliphatic carbocycles. The average molecular weight is 142 g/mol. The van der Waals surface area contributed by atoms with Crippen molar-refractivity contribution in [1.29, 1.82) is 0 Å². The second kappa shape index (κ2) is 5.42. The van der Waals surface area contributed by atoms with Crippen molar-refractivity contribution in [3.8, 4) is 0 Å². The summed E-state index contributed by atoms with van der Waals surface area (Å²) in [6.07, 6.45) is 2.37. The lowest BCUT2D eigenvalue weighted by Crippen LogP contribution is -2.29. The van der Waals surface area contributed by atoms with E-state index in [9.17, 15) is 4.79 Å². The van der Waals surface area contributed by atoms with Crippen molar-refractivity contribution in [1.82, 2.24) is 5.32 Å². The molecular weight excluding hydrogens is 126 g/mol. The summed E-state index contributed by atoms with van der Waals surface area (Å²) in [5.74, 6) is 0.647. The monoisotopic (exact) mass is 142 g/mol. The second-order valence-corrected chi connectivity index (χ2v) is 3.05. The molecule has 1 atom stereocenters. The molecule has 10 heavy (non-hydrogen) atoms. The van der Waals surface area contributed by atoms with Crippen LogP contribution < -0.4 is 5.32 Å². The fourth-order valence-corrected chi connectivity index (χ4v) is 0.634. The molecule has 0 bridgehead atoms. The van der Waals surface area contributed by atoms with Gasteiger partial charge >= 0.3 is 0 Å². The van der Waals surface area contributed by atoms with Crippen molar-refractivity contribution in [2.24, 2.45) is 5.92 Å². The Morgan fingerprint density at radius 2 is 2.00 bits per heavy atom. The molecule has 0 aromatic rings. The topological polar surface area (TPSA) is 29.1 Å². The van der Waals surface area contributed by atoms with Crippen LogP contribution in [0.3, 0.4) is 0 Å². The van der Waals surface area contributed by atoms with Gasteiger partial charge in [0.2, 0.25) is 0 Å². The second-order valence-electron chi connectivity index (χ2n) is 3.05. The number of hydrogen-bond acceptors (Lipinski definition) is 2. The summed E-state index contributed by atoms with van der Waals surface area (Å²) >= 11 is 0. The fourth-order valence-electron chi connectivity index (χ4n) is 0.634. The molecule has 1 radical (unpaired) electrons. The molecule has 59 valence electrons. The molecule has 0 saturated heterocycles. The SMILES string of the molecule is CC(C)CNC(C)C[C]=O. The third-order valence-corrected chi connectivity index (χ3v) is 1.26. The molecule has 1 N–H and O–H groups in total. The number of hydrogen-bond donors (Lipinski definition) is 1. The third kappa shape index (κ3) is 5.76. The van der Waals surface area contributed by atoms with Crippen molar-refractivity contribution >= 4 is 6.29 Å². The van der Waals surface area contributed by atoms with Crippen LogP contribution in [0.5, 0.6) is 0 Å². The summed E-state index contributed by atoms with van der Waals surface area (Å²) in [6, 6.07) is 0.278. The molecule has 0 aliphatic heterocycles. The minimum absolute atomic E-state index is 0.278. The summed E-state index contributed by atoms with van der Waals surface area (Å²) in [5, 5.41) is 3.22. The van der Waals surface area contributed by atoms with E-state index in [1.165, 1.54) is 0 Å². The maximum absolute atomic E-state index is 9.89. The summed E-state index contributed by atoms with van der Waals surface area (Å²) in [7, 11) is 0. The van der Waals surface area contributed by atoms with Gasteiger partial charge < -0.3 is 5.32 Å². The minimum atomic E-state index is 0.278. The van der Waals surface area contributed by atoms with E-state index in [-0.39, 0.29) is 6.04 Å². The van der Waals surface area contributed by atoms with Gasteiger partial charge in [0.05, 0.1) is 0 Å². The highest BCUT2D eigenvalue weighted by Gasteiger charge is 2.00. The van der Waals surface area contributed by atoms with Gasteiger partial charge in [-0.1, -0.05) is 13.8 Å². The van der Waals surface area contributed by atoms with Crippen LogP contribution in [0.4, 0.5) is 0 Å². The first-order valence-corrected chi connectivity index (χ1v) is 3.75. The van der Waals surface area contributed by atoms with E-state index < -0.39 is 0 Å². The van der Waals surface area contributed by atoms with Crippen LogP contribution in [0, 0.1) is 5.92 Å². The lowest BCUT2D eigenvalue weighted by molar-refractivity contribution is 0.478. The van der Waals surface area contributed by atoms with E-state index >= 15 is 0 Å². The van der Waals surface area contributed by atoms with E-state index in [2.05, 4.69) is 19.2 Å². The Morgan fingerprint density at radius 3 is 2.40 bits per heavy atom. The average Bonchev–Trinajstić information content (AvgIpc) is 1.85. The first-order valence-electron chi connectivity index (χ1n) is 3.75. The standard InChI is InChI=1S/C8H16NO/c1-7(2)6-9-8(3)4-5-10/h7-9H,4,6H2,1-3H3. The molecule has 0 spiro atoms. The molecule has 0 aliphatic rings. The molecule has 1 unspecified atom stereocenters.